The molecule has 1 saturated heterocycles. The van der Waals surface area contributed by atoms with E-state index < -0.39 is 0 Å². The van der Waals surface area contributed by atoms with Gasteiger partial charge in [-0.2, -0.15) is 0 Å². The molecule has 152 valence electrons. The molecular formula is C21H27N7O. The summed E-state index contributed by atoms with van der Waals surface area (Å²) in [7, 11) is 0. The molecule has 8 heteroatoms. The Labute approximate surface area is 170 Å². The van der Waals surface area contributed by atoms with E-state index in [0.29, 0.717) is 17.2 Å². The Morgan fingerprint density at radius 2 is 1.90 bits per heavy atom. The molecule has 3 heterocycles. The summed E-state index contributed by atoms with van der Waals surface area (Å²) in [6.07, 6.45) is 8.77. The van der Waals surface area contributed by atoms with Crippen molar-refractivity contribution in [2.75, 3.05) is 5.32 Å². The van der Waals surface area contributed by atoms with Crippen LogP contribution in [-0.2, 0) is 0 Å². The van der Waals surface area contributed by atoms with Crippen molar-refractivity contribution >= 4 is 5.95 Å². The molecule has 0 aliphatic carbocycles. The number of nitrogens with zero attached hydrogens (tertiary/aromatic N) is 5. The average Bonchev–Trinajstić information content (AvgIpc) is 3.14. The first-order chi connectivity index (χ1) is 13.7. The number of rotatable bonds is 4. The lowest BCUT2D eigenvalue weighted by molar-refractivity contribution is 0.170. The Balaban J connectivity index is 1.50. The molecule has 1 aliphatic rings. The van der Waals surface area contributed by atoms with E-state index in [4.69, 9.17) is 0 Å². The van der Waals surface area contributed by atoms with Crippen LogP contribution in [0.2, 0.25) is 0 Å². The van der Waals surface area contributed by atoms with Crippen molar-refractivity contribution in [2.45, 2.75) is 57.7 Å². The quantitative estimate of drug-likeness (QED) is 0.626. The lowest BCUT2D eigenvalue weighted by Gasteiger charge is -2.46. The molecule has 0 atom stereocenters. The van der Waals surface area contributed by atoms with E-state index in [0.717, 1.165) is 18.5 Å². The van der Waals surface area contributed by atoms with Gasteiger partial charge in [-0.15, -0.1) is 10.2 Å². The number of phenols is 1. The van der Waals surface area contributed by atoms with Gasteiger partial charge in [0.1, 0.15) is 11.4 Å². The van der Waals surface area contributed by atoms with Gasteiger partial charge >= 0.3 is 0 Å². The molecule has 0 radical (unpaired) electrons. The van der Waals surface area contributed by atoms with E-state index in [2.05, 4.69) is 58.5 Å². The summed E-state index contributed by atoms with van der Waals surface area (Å²) in [4.78, 5) is 8.45. The van der Waals surface area contributed by atoms with Crippen molar-refractivity contribution in [3.63, 3.8) is 0 Å². The summed E-state index contributed by atoms with van der Waals surface area (Å²) in [5.74, 6) is 0.622. The number of benzene rings is 1. The molecule has 8 nitrogen and oxygen atoms in total. The van der Waals surface area contributed by atoms with Crippen LogP contribution in [0.3, 0.4) is 0 Å². The maximum atomic E-state index is 10.4. The van der Waals surface area contributed by atoms with E-state index in [1.807, 2.05) is 16.8 Å². The van der Waals surface area contributed by atoms with Crippen LogP contribution >= 0.6 is 0 Å². The number of aromatic nitrogens is 5. The largest absolute Gasteiger partial charge is 0.507 e. The lowest BCUT2D eigenvalue weighted by Crippen LogP contribution is -2.60. The molecule has 4 rings (SSSR count). The molecular weight excluding hydrogens is 366 g/mol. The van der Waals surface area contributed by atoms with E-state index in [1.54, 1.807) is 30.9 Å². The predicted octanol–water partition coefficient (Wildman–Crippen LogP) is 3.15. The van der Waals surface area contributed by atoms with Crippen molar-refractivity contribution in [1.29, 1.82) is 0 Å². The number of aromatic hydroxyl groups is 1. The van der Waals surface area contributed by atoms with Crippen LogP contribution < -0.4 is 10.6 Å². The minimum Gasteiger partial charge on any atom is -0.507 e. The van der Waals surface area contributed by atoms with Gasteiger partial charge < -0.3 is 20.3 Å². The van der Waals surface area contributed by atoms with Crippen molar-refractivity contribution in [2.24, 2.45) is 0 Å². The van der Waals surface area contributed by atoms with Crippen LogP contribution in [-0.4, -0.2) is 47.0 Å². The molecule has 0 unspecified atom stereocenters. The molecule has 3 N–H and O–H groups in total. The normalized spacial score (nSPS) is 18.5. The Bertz CT molecular complexity index is 965. The first-order valence-corrected chi connectivity index (χ1v) is 9.78. The molecule has 1 aromatic carbocycles. The number of hydrogen-bond donors (Lipinski definition) is 3. The molecule has 1 fully saturated rings. The monoisotopic (exact) mass is 393 g/mol. The SMILES string of the molecule is CC1(C)CC(Nc2ncc(-c3ccc(-n4ccnc4)cc3O)nn2)CC(C)(C)N1. The highest BCUT2D eigenvalue weighted by molar-refractivity contribution is 5.68. The van der Waals surface area contributed by atoms with Gasteiger partial charge in [-0.3, -0.25) is 0 Å². The van der Waals surface area contributed by atoms with Gasteiger partial charge in [0.25, 0.3) is 0 Å². The summed E-state index contributed by atoms with van der Waals surface area (Å²) < 4.78 is 1.82. The predicted molar refractivity (Wildman–Crippen MR) is 112 cm³/mol. The van der Waals surface area contributed by atoms with E-state index in [9.17, 15) is 5.11 Å². The van der Waals surface area contributed by atoms with Crippen LogP contribution in [0.25, 0.3) is 16.9 Å². The summed E-state index contributed by atoms with van der Waals surface area (Å²) in [6.45, 7) is 8.84. The number of hydrogen-bond acceptors (Lipinski definition) is 7. The second-order valence-corrected chi connectivity index (χ2v) is 8.98. The third-order valence-corrected chi connectivity index (χ3v) is 5.14. The fourth-order valence-electron chi connectivity index (χ4n) is 4.38. The lowest BCUT2D eigenvalue weighted by atomic mass is 9.80. The van der Waals surface area contributed by atoms with Crippen molar-refractivity contribution in [1.82, 2.24) is 30.0 Å². The van der Waals surface area contributed by atoms with Gasteiger partial charge in [-0.05, 0) is 52.7 Å². The minimum atomic E-state index is 0.0373. The summed E-state index contributed by atoms with van der Waals surface area (Å²) in [5.41, 5.74) is 2.00. The second kappa shape index (κ2) is 7.11. The van der Waals surface area contributed by atoms with Crippen molar-refractivity contribution in [3.05, 3.63) is 43.1 Å². The first-order valence-electron chi connectivity index (χ1n) is 9.78. The van der Waals surface area contributed by atoms with Gasteiger partial charge in [-0.1, -0.05) is 0 Å². The van der Waals surface area contributed by atoms with Crippen LogP contribution in [0.1, 0.15) is 40.5 Å². The zero-order chi connectivity index (χ0) is 20.6. The first kappa shape index (κ1) is 19.3. The Morgan fingerprint density at radius 1 is 1.14 bits per heavy atom. The fourth-order valence-corrected chi connectivity index (χ4v) is 4.38. The number of piperidine rings is 1. The number of nitrogens with one attached hydrogen (secondary N) is 2. The molecule has 1 aliphatic heterocycles. The zero-order valence-corrected chi connectivity index (χ0v) is 17.2. The van der Waals surface area contributed by atoms with E-state index in [1.165, 1.54) is 0 Å². The van der Waals surface area contributed by atoms with Gasteiger partial charge in [0, 0.05) is 41.1 Å². The fraction of sp³-hybridized carbons (Fsp3) is 0.429. The third-order valence-electron chi connectivity index (χ3n) is 5.14. The molecule has 0 saturated carbocycles. The standard InChI is InChI=1S/C21H27N7O/c1-20(2)10-14(11-21(3,4)27-20)24-19-23-12-17(25-26-19)16-6-5-15(9-18(16)29)28-8-7-22-13-28/h5-9,12-14,27,29H,10-11H2,1-4H3,(H,23,24,26). The zero-order valence-electron chi connectivity index (χ0n) is 17.2. The maximum absolute atomic E-state index is 10.4. The molecule has 2 aromatic heterocycles. The van der Waals surface area contributed by atoms with Gasteiger partial charge in [0.15, 0.2) is 0 Å². The van der Waals surface area contributed by atoms with Crippen molar-refractivity contribution < 1.29 is 5.11 Å². The van der Waals surface area contributed by atoms with Crippen LogP contribution in [0.15, 0.2) is 43.1 Å². The highest BCUT2D eigenvalue weighted by Gasteiger charge is 2.37. The van der Waals surface area contributed by atoms with Gasteiger partial charge in [0.05, 0.1) is 18.2 Å². The van der Waals surface area contributed by atoms with Crippen molar-refractivity contribution in [3.8, 4) is 22.7 Å². The van der Waals surface area contributed by atoms with E-state index in [-0.39, 0.29) is 22.9 Å². The number of phenolic OH excluding ortho intramolecular Hbond substituents is 1. The number of imidazole rings is 1. The Kier molecular flexibility index (Phi) is 4.74. The minimum absolute atomic E-state index is 0.0373. The van der Waals surface area contributed by atoms with Crippen LogP contribution in [0, 0.1) is 0 Å². The molecule has 0 spiro atoms. The third kappa shape index (κ3) is 4.37. The maximum Gasteiger partial charge on any atom is 0.242 e. The topological polar surface area (TPSA) is 101 Å². The van der Waals surface area contributed by atoms with Crippen LogP contribution in [0.4, 0.5) is 5.95 Å². The average molecular weight is 393 g/mol. The highest BCUT2D eigenvalue weighted by atomic mass is 16.3. The molecule has 3 aromatic rings. The molecule has 0 amide bonds. The smallest absolute Gasteiger partial charge is 0.242 e. The Morgan fingerprint density at radius 3 is 2.48 bits per heavy atom. The Hall–Kier alpha value is -3.00. The molecule has 0 bridgehead atoms. The number of anilines is 1. The second-order valence-electron chi connectivity index (χ2n) is 8.98. The molecule has 29 heavy (non-hydrogen) atoms. The van der Waals surface area contributed by atoms with Crippen LogP contribution in [0.5, 0.6) is 5.75 Å². The van der Waals surface area contributed by atoms with Gasteiger partial charge in [0.2, 0.25) is 5.95 Å². The summed E-state index contributed by atoms with van der Waals surface area (Å²) in [5, 5.41) is 26.0. The highest BCUT2D eigenvalue weighted by Crippen LogP contribution is 2.31. The van der Waals surface area contributed by atoms with E-state index >= 15 is 0 Å². The summed E-state index contributed by atoms with van der Waals surface area (Å²) >= 11 is 0. The summed E-state index contributed by atoms with van der Waals surface area (Å²) in [6, 6.07) is 5.63. The van der Waals surface area contributed by atoms with Gasteiger partial charge in [-0.25, -0.2) is 9.97 Å².